The number of pyridine rings is 1. The molecule has 0 aliphatic carbocycles. The average Bonchev–Trinajstić information content (AvgIpc) is 2.77. The minimum absolute atomic E-state index is 0.373. The summed E-state index contributed by atoms with van der Waals surface area (Å²) in [5.74, 6) is -0.530. The highest BCUT2D eigenvalue weighted by Crippen LogP contribution is 2.24. The maximum Gasteiger partial charge on any atom is 0.222 e. The van der Waals surface area contributed by atoms with Gasteiger partial charge < -0.3 is 4.98 Å². The van der Waals surface area contributed by atoms with Crippen LogP contribution in [0.2, 0.25) is 0 Å². The fourth-order valence-electron chi connectivity index (χ4n) is 1.64. The van der Waals surface area contributed by atoms with Gasteiger partial charge in [-0.3, -0.25) is 0 Å². The molecule has 0 radical (unpaired) electrons. The third-order valence-electron chi connectivity index (χ3n) is 2.36. The summed E-state index contributed by atoms with van der Waals surface area (Å²) in [5.41, 5.74) is 2.38. The van der Waals surface area contributed by atoms with Crippen LogP contribution in [0.3, 0.4) is 0 Å². The number of nitrogens with zero attached hydrogens (tertiary/aromatic N) is 3. The van der Waals surface area contributed by atoms with E-state index in [2.05, 4.69) is 19.9 Å². The van der Waals surface area contributed by atoms with E-state index in [9.17, 15) is 4.39 Å². The molecule has 3 heterocycles. The average molecular weight is 214 g/mol. The Morgan fingerprint density at radius 3 is 2.94 bits per heavy atom. The van der Waals surface area contributed by atoms with Crippen LogP contribution in [0.15, 0.2) is 36.9 Å². The van der Waals surface area contributed by atoms with Crippen LogP contribution in [0.4, 0.5) is 4.39 Å². The number of hydrogen-bond donors (Lipinski definition) is 1. The molecule has 4 nitrogen and oxygen atoms in total. The summed E-state index contributed by atoms with van der Waals surface area (Å²) in [5, 5.41) is 0. The highest BCUT2D eigenvalue weighted by atomic mass is 19.1. The van der Waals surface area contributed by atoms with E-state index in [0.717, 1.165) is 11.0 Å². The first kappa shape index (κ1) is 8.96. The van der Waals surface area contributed by atoms with E-state index in [0.29, 0.717) is 11.3 Å². The zero-order valence-corrected chi connectivity index (χ0v) is 8.18. The van der Waals surface area contributed by atoms with Crippen LogP contribution >= 0.6 is 0 Å². The first-order valence-corrected chi connectivity index (χ1v) is 4.75. The van der Waals surface area contributed by atoms with Crippen molar-refractivity contribution in [2.75, 3.05) is 0 Å². The van der Waals surface area contributed by atoms with Gasteiger partial charge in [-0.05, 0) is 18.2 Å². The maximum atomic E-state index is 13.5. The summed E-state index contributed by atoms with van der Waals surface area (Å²) in [7, 11) is 0. The van der Waals surface area contributed by atoms with E-state index < -0.39 is 5.95 Å². The lowest BCUT2D eigenvalue weighted by atomic mass is 10.2. The van der Waals surface area contributed by atoms with Gasteiger partial charge in [-0.1, -0.05) is 0 Å². The molecule has 3 aromatic heterocycles. The quantitative estimate of drug-likeness (QED) is 0.631. The second-order valence-corrected chi connectivity index (χ2v) is 3.30. The van der Waals surface area contributed by atoms with Gasteiger partial charge in [0.25, 0.3) is 0 Å². The van der Waals surface area contributed by atoms with Gasteiger partial charge in [-0.25, -0.2) is 15.0 Å². The second kappa shape index (κ2) is 3.37. The number of nitrogens with one attached hydrogen (secondary N) is 1. The molecule has 5 heteroatoms. The molecule has 0 bridgehead atoms. The second-order valence-electron chi connectivity index (χ2n) is 3.30. The molecule has 0 saturated heterocycles. The number of fused-ring (bicyclic) bond motifs is 1. The number of H-pyrrole nitrogens is 1. The number of aromatic amines is 1. The lowest BCUT2D eigenvalue weighted by Gasteiger charge is -2.02. The predicted molar refractivity (Wildman–Crippen MR) is 57.1 cm³/mol. The Balaban J connectivity index is 2.34. The topological polar surface area (TPSA) is 54.5 Å². The van der Waals surface area contributed by atoms with E-state index in [1.807, 2.05) is 6.07 Å². The minimum Gasteiger partial charge on any atom is -0.358 e. The molecule has 78 valence electrons. The Morgan fingerprint density at radius 1 is 1.12 bits per heavy atom. The van der Waals surface area contributed by atoms with Crippen LogP contribution in [0, 0.1) is 5.95 Å². The zero-order valence-electron chi connectivity index (χ0n) is 8.18. The molecule has 0 spiro atoms. The van der Waals surface area contributed by atoms with Crippen LogP contribution in [0.5, 0.6) is 0 Å². The first-order chi connectivity index (χ1) is 7.86. The highest BCUT2D eigenvalue weighted by molar-refractivity contribution is 5.88. The molecule has 1 N–H and O–H groups in total. The Hall–Kier alpha value is -2.30. The van der Waals surface area contributed by atoms with Crippen molar-refractivity contribution in [1.29, 1.82) is 0 Å². The van der Waals surface area contributed by atoms with Gasteiger partial charge >= 0.3 is 0 Å². The minimum atomic E-state index is -0.530. The van der Waals surface area contributed by atoms with E-state index >= 15 is 0 Å². The van der Waals surface area contributed by atoms with Crippen LogP contribution in [-0.4, -0.2) is 19.9 Å². The van der Waals surface area contributed by atoms with Crippen LogP contribution in [0.25, 0.3) is 22.3 Å². The Kier molecular flexibility index (Phi) is 1.89. The highest BCUT2D eigenvalue weighted by Gasteiger charge is 2.11. The molecule has 3 aromatic rings. The SMILES string of the molecule is Fc1ncccc1-c1ncnc2cc[nH]c12. The number of hydrogen-bond acceptors (Lipinski definition) is 3. The van der Waals surface area contributed by atoms with Gasteiger partial charge in [0.2, 0.25) is 5.95 Å². The molecule has 0 aliphatic rings. The van der Waals surface area contributed by atoms with Crippen LogP contribution in [-0.2, 0) is 0 Å². The molecule has 0 saturated carbocycles. The summed E-state index contributed by atoms with van der Waals surface area (Å²) < 4.78 is 13.5. The number of rotatable bonds is 1. The van der Waals surface area contributed by atoms with Crippen LogP contribution in [0.1, 0.15) is 0 Å². The summed E-state index contributed by atoms with van der Waals surface area (Å²) in [4.78, 5) is 14.8. The maximum absolute atomic E-state index is 13.5. The Bertz CT molecular complexity index is 647. The zero-order chi connectivity index (χ0) is 11.0. The first-order valence-electron chi connectivity index (χ1n) is 4.75. The van der Waals surface area contributed by atoms with Gasteiger partial charge in [0.1, 0.15) is 12.0 Å². The van der Waals surface area contributed by atoms with Crippen molar-refractivity contribution in [2.24, 2.45) is 0 Å². The van der Waals surface area contributed by atoms with Gasteiger partial charge in [0.15, 0.2) is 0 Å². The lowest BCUT2D eigenvalue weighted by molar-refractivity contribution is 0.587. The molecule has 16 heavy (non-hydrogen) atoms. The molecule has 0 aliphatic heterocycles. The molecule has 0 unspecified atom stereocenters. The van der Waals surface area contributed by atoms with Crippen molar-refractivity contribution < 1.29 is 4.39 Å². The number of aromatic nitrogens is 4. The standard InChI is InChI=1S/C11H7FN4/c12-11-7(2-1-4-14-11)9-10-8(3-5-13-10)15-6-16-9/h1-6,13H. The van der Waals surface area contributed by atoms with E-state index in [1.165, 1.54) is 12.5 Å². The van der Waals surface area contributed by atoms with Gasteiger partial charge in [-0.2, -0.15) is 4.39 Å². The van der Waals surface area contributed by atoms with Crippen molar-refractivity contribution in [3.05, 3.63) is 42.9 Å². The summed E-state index contributed by atoms with van der Waals surface area (Å²) in [6.45, 7) is 0. The van der Waals surface area contributed by atoms with Gasteiger partial charge in [0.05, 0.1) is 16.6 Å². The van der Waals surface area contributed by atoms with Gasteiger partial charge in [-0.15, -0.1) is 0 Å². The summed E-state index contributed by atoms with van der Waals surface area (Å²) in [6.07, 6.45) is 4.57. The predicted octanol–water partition coefficient (Wildman–Crippen LogP) is 2.16. The third-order valence-corrected chi connectivity index (χ3v) is 2.36. The molecular formula is C11H7FN4. The Morgan fingerprint density at radius 2 is 2.06 bits per heavy atom. The molecule has 0 amide bonds. The molecular weight excluding hydrogens is 207 g/mol. The Labute approximate surface area is 90.2 Å². The fraction of sp³-hybridized carbons (Fsp3) is 0. The van der Waals surface area contributed by atoms with E-state index in [-0.39, 0.29) is 0 Å². The fourth-order valence-corrected chi connectivity index (χ4v) is 1.64. The van der Waals surface area contributed by atoms with E-state index in [4.69, 9.17) is 0 Å². The molecule has 0 fully saturated rings. The van der Waals surface area contributed by atoms with Crippen LogP contribution < -0.4 is 0 Å². The normalized spacial score (nSPS) is 10.8. The molecule has 0 aromatic carbocycles. The largest absolute Gasteiger partial charge is 0.358 e. The van der Waals surface area contributed by atoms with E-state index in [1.54, 1.807) is 18.3 Å². The summed E-state index contributed by atoms with van der Waals surface area (Å²) in [6, 6.07) is 5.13. The molecule has 3 rings (SSSR count). The monoisotopic (exact) mass is 214 g/mol. The lowest BCUT2D eigenvalue weighted by Crippen LogP contribution is -1.92. The van der Waals surface area contributed by atoms with Crippen molar-refractivity contribution in [3.8, 4) is 11.3 Å². The smallest absolute Gasteiger partial charge is 0.222 e. The van der Waals surface area contributed by atoms with Crippen molar-refractivity contribution >= 4 is 11.0 Å². The van der Waals surface area contributed by atoms with Crippen molar-refractivity contribution in [1.82, 2.24) is 19.9 Å². The number of halogens is 1. The summed E-state index contributed by atoms with van der Waals surface area (Å²) >= 11 is 0. The molecule has 0 atom stereocenters. The third kappa shape index (κ3) is 1.25. The van der Waals surface area contributed by atoms with Crippen molar-refractivity contribution in [3.63, 3.8) is 0 Å². The van der Waals surface area contributed by atoms with Gasteiger partial charge in [0, 0.05) is 12.4 Å². The van der Waals surface area contributed by atoms with Crippen molar-refractivity contribution in [2.45, 2.75) is 0 Å².